The Morgan fingerprint density at radius 1 is 1.22 bits per heavy atom. The molecule has 0 aliphatic carbocycles. The molecule has 1 atom stereocenters. The molecule has 0 saturated carbocycles. The van der Waals surface area contributed by atoms with Gasteiger partial charge in [-0.25, -0.2) is 0 Å². The molecule has 2 amide bonds. The van der Waals surface area contributed by atoms with Gasteiger partial charge in [-0.3, -0.25) is 9.59 Å². The van der Waals surface area contributed by atoms with Gasteiger partial charge in [-0.1, -0.05) is 11.6 Å². The van der Waals surface area contributed by atoms with Crippen molar-refractivity contribution in [1.82, 2.24) is 0 Å². The highest BCUT2D eigenvalue weighted by Gasteiger charge is 2.32. The van der Waals surface area contributed by atoms with Crippen LogP contribution in [0.15, 0.2) is 41.3 Å². The number of hydrogen-bond donors (Lipinski definition) is 2. The summed E-state index contributed by atoms with van der Waals surface area (Å²) >= 11 is 7.31. The first kappa shape index (κ1) is 18.0. The predicted molar refractivity (Wildman–Crippen MR) is 105 cm³/mol. The van der Waals surface area contributed by atoms with Crippen LogP contribution in [0, 0.1) is 0 Å². The van der Waals surface area contributed by atoms with Crippen molar-refractivity contribution in [3.63, 3.8) is 0 Å². The van der Waals surface area contributed by atoms with Gasteiger partial charge in [0.25, 0.3) is 0 Å². The van der Waals surface area contributed by atoms with Crippen molar-refractivity contribution in [2.24, 2.45) is 0 Å². The largest absolute Gasteiger partial charge is 0.449 e. The third-order valence-corrected chi connectivity index (χ3v) is 5.58. The first-order valence-corrected chi connectivity index (χ1v) is 9.64. The first-order chi connectivity index (χ1) is 12.8. The fourth-order valence-electron chi connectivity index (χ4n) is 2.94. The van der Waals surface area contributed by atoms with Gasteiger partial charge >= 0.3 is 0 Å². The molecule has 2 aromatic rings. The SMILES string of the molecule is CC1(C)Oc2ccc(NC(=O)CC3Sc4ccc(Cl)cc4NC3=O)cc2O1. The van der Waals surface area contributed by atoms with Gasteiger partial charge in [-0.05, 0) is 30.3 Å². The fourth-order valence-corrected chi connectivity index (χ4v) is 4.20. The van der Waals surface area contributed by atoms with E-state index in [9.17, 15) is 9.59 Å². The van der Waals surface area contributed by atoms with Crippen molar-refractivity contribution in [3.05, 3.63) is 41.4 Å². The Labute approximate surface area is 165 Å². The van der Waals surface area contributed by atoms with E-state index in [-0.39, 0.29) is 18.2 Å². The molecule has 0 fully saturated rings. The molecule has 27 heavy (non-hydrogen) atoms. The normalized spacial score (nSPS) is 19.2. The Hall–Kier alpha value is -2.38. The van der Waals surface area contributed by atoms with Gasteiger partial charge in [0, 0.05) is 41.9 Å². The number of rotatable bonds is 3. The zero-order chi connectivity index (χ0) is 19.2. The van der Waals surface area contributed by atoms with E-state index in [1.165, 1.54) is 11.8 Å². The van der Waals surface area contributed by atoms with E-state index in [1.54, 1.807) is 30.3 Å². The second-order valence-electron chi connectivity index (χ2n) is 6.75. The molecule has 8 heteroatoms. The molecule has 2 aromatic carbocycles. The lowest BCUT2D eigenvalue weighted by Crippen LogP contribution is -2.32. The van der Waals surface area contributed by atoms with Crippen LogP contribution in [-0.4, -0.2) is 22.9 Å². The van der Waals surface area contributed by atoms with Crippen LogP contribution in [0.2, 0.25) is 5.02 Å². The molecule has 0 aromatic heterocycles. The predicted octanol–water partition coefficient (Wildman–Crippen LogP) is 4.29. The Morgan fingerprint density at radius 3 is 2.81 bits per heavy atom. The van der Waals surface area contributed by atoms with Gasteiger partial charge in [0.15, 0.2) is 11.5 Å². The summed E-state index contributed by atoms with van der Waals surface area (Å²) in [6.07, 6.45) is 0.0541. The lowest BCUT2D eigenvalue weighted by Gasteiger charge is -2.23. The lowest BCUT2D eigenvalue weighted by molar-refractivity contribution is -0.120. The molecule has 0 bridgehead atoms. The molecule has 140 valence electrons. The van der Waals surface area contributed by atoms with Crippen LogP contribution >= 0.6 is 23.4 Å². The van der Waals surface area contributed by atoms with E-state index in [0.29, 0.717) is 27.9 Å². The van der Waals surface area contributed by atoms with Gasteiger partial charge in [0.05, 0.1) is 10.9 Å². The van der Waals surface area contributed by atoms with E-state index >= 15 is 0 Å². The molecule has 2 heterocycles. The second-order valence-corrected chi connectivity index (χ2v) is 8.43. The van der Waals surface area contributed by atoms with Gasteiger partial charge < -0.3 is 20.1 Å². The van der Waals surface area contributed by atoms with E-state index in [4.69, 9.17) is 21.1 Å². The molecule has 0 saturated heterocycles. The van der Waals surface area contributed by atoms with Crippen LogP contribution in [0.3, 0.4) is 0 Å². The highest BCUT2D eigenvalue weighted by Crippen LogP contribution is 2.41. The Bertz CT molecular complexity index is 947. The van der Waals surface area contributed by atoms with Crippen molar-refractivity contribution in [2.45, 2.75) is 36.2 Å². The van der Waals surface area contributed by atoms with Crippen LogP contribution in [-0.2, 0) is 9.59 Å². The molecule has 0 radical (unpaired) electrons. The molecule has 1 unspecified atom stereocenters. The summed E-state index contributed by atoms with van der Waals surface area (Å²) in [6, 6.07) is 10.5. The first-order valence-electron chi connectivity index (χ1n) is 8.38. The number of halogens is 1. The van der Waals surface area contributed by atoms with Crippen molar-refractivity contribution in [2.75, 3.05) is 10.6 Å². The summed E-state index contributed by atoms with van der Waals surface area (Å²) in [7, 11) is 0. The van der Waals surface area contributed by atoms with E-state index in [0.717, 1.165) is 4.90 Å². The number of thioether (sulfide) groups is 1. The monoisotopic (exact) mass is 404 g/mol. The number of benzene rings is 2. The van der Waals surface area contributed by atoms with Gasteiger partial charge in [-0.15, -0.1) is 11.8 Å². The number of amides is 2. The van der Waals surface area contributed by atoms with Crippen molar-refractivity contribution in [3.8, 4) is 11.5 Å². The third-order valence-electron chi connectivity index (χ3n) is 4.07. The minimum absolute atomic E-state index is 0.0541. The smallest absolute Gasteiger partial charge is 0.246 e. The standard InChI is InChI=1S/C19H17ClN2O4S/c1-19(2)25-13-5-4-11(8-14(13)26-19)21-17(23)9-16-18(24)22-12-7-10(20)3-6-15(12)27-16/h3-8,16H,9H2,1-2H3,(H,21,23)(H,22,24). The number of carbonyl (C=O) groups excluding carboxylic acids is 2. The number of ether oxygens (including phenoxy) is 2. The fraction of sp³-hybridized carbons (Fsp3) is 0.263. The molecule has 2 N–H and O–H groups in total. The molecule has 2 aliphatic rings. The quantitative estimate of drug-likeness (QED) is 0.798. The van der Waals surface area contributed by atoms with Crippen molar-refractivity contribution in [1.29, 1.82) is 0 Å². The summed E-state index contributed by atoms with van der Waals surface area (Å²) < 4.78 is 11.3. The third kappa shape index (κ3) is 3.84. The summed E-state index contributed by atoms with van der Waals surface area (Å²) in [5.74, 6) is 0.0253. The number of anilines is 2. The van der Waals surface area contributed by atoms with Crippen LogP contribution < -0.4 is 20.1 Å². The van der Waals surface area contributed by atoms with Gasteiger partial charge in [-0.2, -0.15) is 0 Å². The van der Waals surface area contributed by atoms with E-state index in [2.05, 4.69) is 10.6 Å². The summed E-state index contributed by atoms with van der Waals surface area (Å²) in [4.78, 5) is 25.6. The van der Waals surface area contributed by atoms with E-state index < -0.39 is 11.0 Å². The Morgan fingerprint density at radius 2 is 2.00 bits per heavy atom. The maximum absolute atomic E-state index is 12.4. The van der Waals surface area contributed by atoms with Crippen LogP contribution in [0.4, 0.5) is 11.4 Å². The Balaban J connectivity index is 1.42. The minimum Gasteiger partial charge on any atom is -0.449 e. The zero-order valence-electron chi connectivity index (χ0n) is 14.7. The Kier molecular flexibility index (Phi) is 4.44. The highest BCUT2D eigenvalue weighted by atomic mass is 35.5. The van der Waals surface area contributed by atoms with Crippen molar-refractivity contribution >= 4 is 46.6 Å². The van der Waals surface area contributed by atoms with Crippen molar-refractivity contribution < 1.29 is 19.1 Å². The average Bonchev–Trinajstić information content (AvgIpc) is 2.89. The summed E-state index contributed by atoms with van der Waals surface area (Å²) in [6.45, 7) is 3.63. The highest BCUT2D eigenvalue weighted by molar-refractivity contribution is 8.01. The van der Waals surface area contributed by atoms with Crippen LogP contribution in [0.1, 0.15) is 20.3 Å². The average molecular weight is 405 g/mol. The summed E-state index contributed by atoms with van der Waals surface area (Å²) in [5.41, 5.74) is 1.26. The molecule has 2 aliphatic heterocycles. The van der Waals surface area contributed by atoms with Crippen LogP contribution in [0.5, 0.6) is 11.5 Å². The molecular formula is C19H17ClN2O4S. The van der Waals surface area contributed by atoms with E-state index in [1.807, 2.05) is 19.9 Å². The molecular weight excluding hydrogens is 388 g/mol. The second kappa shape index (κ2) is 6.65. The van der Waals surface area contributed by atoms with Gasteiger partial charge in [0.2, 0.25) is 17.6 Å². The maximum Gasteiger partial charge on any atom is 0.246 e. The number of carbonyl (C=O) groups is 2. The molecule has 0 spiro atoms. The number of fused-ring (bicyclic) bond motifs is 2. The molecule has 4 rings (SSSR count). The van der Waals surface area contributed by atoms with Gasteiger partial charge in [0.1, 0.15) is 0 Å². The van der Waals surface area contributed by atoms with Crippen LogP contribution in [0.25, 0.3) is 0 Å². The minimum atomic E-state index is -0.724. The number of nitrogens with one attached hydrogen (secondary N) is 2. The topological polar surface area (TPSA) is 76.7 Å². The summed E-state index contributed by atoms with van der Waals surface area (Å²) in [5, 5.41) is 5.66. The number of hydrogen-bond acceptors (Lipinski definition) is 5. The lowest BCUT2D eigenvalue weighted by atomic mass is 10.2. The maximum atomic E-state index is 12.4. The molecule has 6 nitrogen and oxygen atoms in total. The zero-order valence-corrected chi connectivity index (χ0v) is 16.2.